The van der Waals surface area contributed by atoms with Gasteiger partial charge in [-0.3, -0.25) is 14.7 Å². The molecule has 1 fully saturated rings. The van der Waals surface area contributed by atoms with Crippen molar-refractivity contribution >= 4 is 17.9 Å². The molecule has 1 atom stereocenters. The average Bonchev–Trinajstić information content (AvgIpc) is 2.89. The molecule has 0 aromatic heterocycles. The van der Waals surface area contributed by atoms with E-state index >= 15 is 0 Å². The number of aliphatic imine (C=N–C) groups is 1. The molecular weight excluding hydrogens is 342 g/mol. The van der Waals surface area contributed by atoms with Gasteiger partial charge < -0.3 is 16.0 Å². The zero-order chi connectivity index (χ0) is 19.7. The standard InChI is InChI=1S/C20H31N5O2/c1-4-20(3)17(26)25(19(27)24-20)15-9-13-22-18(21-5-2)23-14-12-16-10-7-6-8-11-16/h6-8,10-11H,4-5,9,12-15H2,1-3H3,(H,24,27)(H2,21,22,23). The molecule has 2 rings (SSSR count). The molecule has 1 heterocycles. The fourth-order valence-corrected chi connectivity index (χ4v) is 2.92. The van der Waals surface area contributed by atoms with E-state index in [0.29, 0.717) is 25.9 Å². The second-order valence-electron chi connectivity index (χ2n) is 6.85. The molecule has 1 saturated heterocycles. The fourth-order valence-electron chi connectivity index (χ4n) is 2.92. The number of rotatable bonds is 9. The van der Waals surface area contributed by atoms with Crippen LogP contribution in [0.2, 0.25) is 0 Å². The van der Waals surface area contributed by atoms with Crippen molar-refractivity contribution in [3.05, 3.63) is 35.9 Å². The van der Waals surface area contributed by atoms with Crippen LogP contribution in [0.25, 0.3) is 0 Å². The van der Waals surface area contributed by atoms with Crippen LogP contribution >= 0.6 is 0 Å². The molecule has 1 aliphatic rings. The topological polar surface area (TPSA) is 85.8 Å². The lowest BCUT2D eigenvalue weighted by Crippen LogP contribution is -2.43. The van der Waals surface area contributed by atoms with E-state index in [0.717, 1.165) is 25.5 Å². The van der Waals surface area contributed by atoms with E-state index in [4.69, 9.17) is 0 Å². The third-order valence-electron chi connectivity index (χ3n) is 4.76. The number of nitrogens with one attached hydrogen (secondary N) is 3. The van der Waals surface area contributed by atoms with Gasteiger partial charge >= 0.3 is 6.03 Å². The smallest absolute Gasteiger partial charge is 0.325 e. The van der Waals surface area contributed by atoms with Gasteiger partial charge in [0, 0.05) is 26.2 Å². The minimum Gasteiger partial charge on any atom is -0.357 e. The number of nitrogens with zero attached hydrogens (tertiary/aromatic N) is 2. The molecule has 1 unspecified atom stereocenters. The minimum absolute atomic E-state index is 0.146. The Hall–Kier alpha value is -2.57. The van der Waals surface area contributed by atoms with Crippen LogP contribution in [0.3, 0.4) is 0 Å². The van der Waals surface area contributed by atoms with E-state index in [2.05, 4.69) is 33.1 Å². The van der Waals surface area contributed by atoms with Gasteiger partial charge in [-0.1, -0.05) is 37.3 Å². The summed E-state index contributed by atoms with van der Waals surface area (Å²) in [6.07, 6.45) is 2.14. The van der Waals surface area contributed by atoms with Crippen molar-refractivity contribution in [1.29, 1.82) is 0 Å². The van der Waals surface area contributed by atoms with E-state index in [-0.39, 0.29) is 11.9 Å². The third-order valence-corrected chi connectivity index (χ3v) is 4.76. The summed E-state index contributed by atoms with van der Waals surface area (Å²) in [5.41, 5.74) is 0.507. The molecule has 0 bridgehead atoms. The predicted molar refractivity (Wildman–Crippen MR) is 108 cm³/mol. The number of guanidine groups is 1. The van der Waals surface area contributed by atoms with Gasteiger partial charge in [-0.2, -0.15) is 0 Å². The maximum absolute atomic E-state index is 12.4. The molecule has 0 saturated carbocycles. The Kier molecular flexibility index (Phi) is 7.64. The van der Waals surface area contributed by atoms with Gasteiger partial charge in [-0.05, 0) is 38.7 Å². The summed E-state index contributed by atoms with van der Waals surface area (Å²) < 4.78 is 0. The molecule has 7 nitrogen and oxygen atoms in total. The highest BCUT2D eigenvalue weighted by Gasteiger charge is 2.45. The van der Waals surface area contributed by atoms with Gasteiger partial charge in [0.1, 0.15) is 5.54 Å². The summed E-state index contributed by atoms with van der Waals surface area (Å²) in [6, 6.07) is 9.99. The van der Waals surface area contributed by atoms with Crippen LogP contribution in [0.15, 0.2) is 35.3 Å². The van der Waals surface area contributed by atoms with Crippen molar-refractivity contribution in [2.45, 2.75) is 45.6 Å². The number of benzene rings is 1. The lowest BCUT2D eigenvalue weighted by atomic mass is 9.99. The minimum atomic E-state index is -0.770. The predicted octanol–water partition coefficient (Wildman–Crippen LogP) is 1.89. The highest BCUT2D eigenvalue weighted by Crippen LogP contribution is 2.20. The lowest BCUT2D eigenvalue weighted by molar-refractivity contribution is -0.130. The summed E-state index contributed by atoms with van der Waals surface area (Å²) in [4.78, 5) is 30.2. The number of amides is 3. The van der Waals surface area contributed by atoms with Crippen LogP contribution < -0.4 is 16.0 Å². The van der Waals surface area contributed by atoms with Crippen molar-refractivity contribution in [3.63, 3.8) is 0 Å². The molecule has 3 amide bonds. The summed E-state index contributed by atoms with van der Waals surface area (Å²) in [7, 11) is 0. The SMILES string of the molecule is CCNC(=NCCCN1C(=O)NC(C)(CC)C1=O)NCCc1ccccc1. The Morgan fingerprint density at radius 2 is 1.93 bits per heavy atom. The van der Waals surface area contributed by atoms with Crippen LogP contribution in [0, 0.1) is 0 Å². The first-order valence-corrected chi connectivity index (χ1v) is 9.70. The fraction of sp³-hybridized carbons (Fsp3) is 0.550. The van der Waals surface area contributed by atoms with Crippen molar-refractivity contribution in [2.75, 3.05) is 26.2 Å². The maximum Gasteiger partial charge on any atom is 0.325 e. The first kappa shape index (κ1) is 20.7. The Balaban J connectivity index is 1.77. The van der Waals surface area contributed by atoms with Crippen LogP contribution in [-0.4, -0.2) is 54.5 Å². The maximum atomic E-state index is 12.4. The molecular formula is C20H31N5O2. The van der Waals surface area contributed by atoms with Gasteiger partial charge in [0.25, 0.3) is 5.91 Å². The Labute approximate surface area is 161 Å². The van der Waals surface area contributed by atoms with Crippen LogP contribution in [-0.2, 0) is 11.2 Å². The van der Waals surface area contributed by atoms with Crippen molar-refractivity contribution < 1.29 is 9.59 Å². The molecule has 0 aliphatic carbocycles. The molecule has 0 spiro atoms. The molecule has 1 aromatic carbocycles. The molecule has 148 valence electrons. The van der Waals surface area contributed by atoms with Gasteiger partial charge in [-0.15, -0.1) is 0 Å². The molecule has 1 aliphatic heterocycles. The van der Waals surface area contributed by atoms with Gasteiger partial charge in [0.15, 0.2) is 5.96 Å². The van der Waals surface area contributed by atoms with E-state index in [1.807, 2.05) is 32.0 Å². The molecule has 3 N–H and O–H groups in total. The first-order chi connectivity index (χ1) is 13.0. The van der Waals surface area contributed by atoms with Gasteiger partial charge in [0.2, 0.25) is 0 Å². The monoisotopic (exact) mass is 373 g/mol. The quantitative estimate of drug-likeness (QED) is 0.267. The lowest BCUT2D eigenvalue weighted by Gasteiger charge is -2.19. The van der Waals surface area contributed by atoms with E-state index in [1.54, 1.807) is 6.92 Å². The van der Waals surface area contributed by atoms with E-state index in [1.165, 1.54) is 10.5 Å². The number of imide groups is 1. The number of hydrogen-bond acceptors (Lipinski definition) is 3. The van der Waals surface area contributed by atoms with E-state index < -0.39 is 5.54 Å². The van der Waals surface area contributed by atoms with Crippen LogP contribution in [0.4, 0.5) is 4.79 Å². The summed E-state index contributed by atoms with van der Waals surface area (Å²) in [6.45, 7) is 8.18. The van der Waals surface area contributed by atoms with Crippen molar-refractivity contribution in [2.24, 2.45) is 4.99 Å². The first-order valence-electron chi connectivity index (χ1n) is 9.70. The molecule has 1 aromatic rings. The zero-order valence-corrected chi connectivity index (χ0v) is 16.5. The number of urea groups is 1. The molecule has 0 radical (unpaired) electrons. The second-order valence-corrected chi connectivity index (χ2v) is 6.85. The Bertz CT molecular complexity index is 662. The molecule has 7 heteroatoms. The Morgan fingerprint density at radius 3 is 2.56 bits per heavy atom. The normalized spacial score (nSPS) is 20.0. The van der Waals surface area contributed by atoms with Gasteiger partial charge in [-0.25, -0.2) is 4.79 Å². The second kappa shape index (κ2) is 9.94. The van der Waals surface area contributed by atoms with Crippen LogP contribution in [0.5, 0.6) is 0 Å². The molecule has 27 heavy (non-hydrogen) atoms. The Morgan fingerprint density at radius 1 is 1.19 bits per heavy atom. The van der Waals surface area contributed by atoms with Crippen LogP contribution in [0.1, 0.15) is 39.2 Å². The highest BCUT2D eigenvalue weighted by atomic mass is 16.2. The largest absolute Gasteiger partial charge is 0.357 e. The van der Waals surface area contributed by atoms with Gasteiger partial charge in [0.05, 0.1) is 0 Å². The average molecular weight is 374 g/mol. The number of hydrogen-bond donors (Lipinski definition) is 3. The van der Waals surface area contributed by atoms with E-state index in [9.17, 15) is 9.59 Å². The highest BCUT2D eigenvalue weighted by molar-refractivity contribution is 6.06. The summed E-state index contributed by atoms with van der Waals surface area (Å²) in [5.74, 6) is 0.607. The third kappa shape index (κ3) is 5.70. The van der Waals surface area contributed by atoms with Crippen molar-refractivity contribution in [3.8, 4) is 0 Å². The van der Waals surface area contributed by atoms with Crippen molar-refractivity contribution in [1.82, 2.24) is 20.9 Å². The number of carbonyl (C=O) groups excluding carboxylic acids is 2. The number of carbonyl (C=O) groups is 2. The summed E-state index contributed by atoms with van der Waals surface area (Å²) in [5, 5.41) is 9.30. The summed E-state index contributed by atoms with van der Waals surface area (Å²) >= 11 is 0. The zero-order valence-electron chi connectivity index (χ0n) is 16.5.